The second-order valence-electron chi connectivity index (χ2n) is 3.42. The van der Waals surface area contributed by atoms with Crippen LogP contribution in [0.5, 0.6) is 0 Å². The molecule has 0 unspecified atom stereocenters. The zero-order chi connectivity index (χ0) is 13.9. The molecular formula is C10H9BrF5NS. The summed E-state index contributed by atoms with van der Waals surface area (Å²) in [7, 11) is 0. The smallest absolute Gasteiger partial charge is 0.251 e. The molecule has 0 aliphatic carbocycles. The SMILES string of the molecule is Cc1c(SNCC(F)(F)F)ccc(Br)c1C(F)F. The first-order chi connectivity index (χ1) is 8.22. The molecule has 18 heavy (non-hydrogen) atoms. The van der Waals surface area contributed by atoms with E-state index in [1.807, 2.05) is 0 Å². The second kappa shape index (κ2) is 6.21. The normalized spacial score (nSPS) is 12.2. The van der Waals surface area contributed by atoms with E-state index in [-0.39, 0.29) is 15.6 Å². The summed E-state index contributed by atoms with van der Waals surface area (Å²) >= 11 is 3.68. The number of nitrogens with one attached hydrogen (secondary N) is 1. The highest BCUT2D eigenvalue weighted by atomic mass is 79.9. The lowest BCUT2D eigenvalue weighted by Gasteiger charge is -2.13. The third-order valence-corrected chi connectivity index (χ3v) is 3.73. The highest BCUT2D eigenvalue weighted by Crippen LogP contribution is 2.35. The molecule has 0 aliphatic rings. The van der Waals surface area contributed by atoms with Crippen molar-refractivity contribution in [2.45, 2.75) is 24.4 Å². The van der Waals surface area contributed by atoms with Crippen molar-refractivity contribution in [1.82, 2.24) is 4.72 Å². The van der Waals surface area contributed by atoms with Crippen molar-refractivity contribution in [2.75, 3.05) is 6.54 Å². The molecule has 0 atom stereocenters. The molecular weight excluding hydrogens is 341 g/mol. The maximum absolute atomic E-state index is 12.7. The van der Waals surface area contributed by atoms with Gasteiger partial charge in [-0.25, -0.2) is 8.78 Å². The second-order valence-corrected chi connectivity index (χ2v) is 5.21. The van der Waals surface area contributed by atoms with Crippen LogP contribution in [0.2, 0.25) is 0 Å². The van der Waals surface area contributed by atoms with E-state index >= 15 is 0 Å². The van der Waals surface area contributed by atoms with Crippen molar-refractivity contribution < 1.29 is 22.0 Å². The number of alkyl halides is 5. The molecule has 0 saturated carbocycles. The summed E-state index contributed by atoms with van der Waals surface area (Å²) in [5.41, 5.74) is 0.0628. The van der Waals surface area contributed by atoms with Crippen LogP contribution in [0.25, 0.3) is 0 Å². The maximum Gasteiger partial charge on any atom is 0.402 e. The van der Waals surface area contributed by atoms with Crippen molar-refractivity contribution in [2.24, 2.45) is 0 Å². The van der Waals surface area contributed by atoms with Gasteiger partial charge in [0.2, 0.25) is 0 Å². The molecule has 0 aliphatic heterocycles. The molecule has 0 radical (unpaired) electrons. The van der Waals surface area contributed by atoms with Gasteiger partial charge in [0, 0.05) is 14.9 Å². The Kier molecular flexibility index (Phi) is 5.42. The average molecular weight is 350 g/mol. The van der Waals surface area contributed by atoms with Crippen LogP contribution in [0, 0.1) is 6.92 Å². The van der Waals surface area contributed by atoms with E-state index < -0.39 is 19.1 Å². The summed E-state index contributed by atoms with van der Waals surface area (Å²) in [5, 5.41) is 0. The quantitative estimate of drug-likeness (QED) is 0.615. The first-order valence-electron chi connectivity index (χ1n) is 4.76. The molecule has 0 amide bonds. The predicted molar refractivity (Wildman–Crippen MR) is 63.8 cm³/mol. The molecule has 0 fully saturated rings. The fourth-order valence-corrected chi connectivity index (χ4v) is 2.64. The van der Waals surface area contributed by atoms with Gasteiger partial charge in [-0.1, -0.05) is 15.9 Å². The van der Waals surface area contributed by atoms with Crippen molar-refractivity contribution in [1.29, 1.82) is 0 Å². The van der Waals surface area contributed by atoms with E-state index in [2.05, 4.69) is 20.7 Å². The van der Waals surface area contributed by atoms with E-state index in [1.54, 1.807) is 0 Å². The minimum Gasteiger partial charge on any atom is -0.251 e. The summed E-state index contributed by atoms with van der Waals surface area (Å²) < 4.78 is 63.6. The standard InChI is InChI=1S/C10H9BrF5NS/c1-5-7(18-17-4-10(14,15)16)3-2-6(11)8(5)9(12)13/h2-3,9,17H,4H2,1H3. The van der Waals surface area contributed by atoms with Crippen LogP contribution in [-0.2, 0) is 0 Å². The lowest BCUT2D eigenvalue weighted by atomic mass is 10.1. The van der Waals surface area contributed by atoms with Gasteiger partial charge >= 0.3 is 6.18 Å². The van der Waals surface area contributed by atoms with Gasteiger partial charge in [0.25, 0.3) is 6.43 Å². The Morgan fingerprint density at radius 3 is 2.44 bits per heavy atom. The molecule has 1 aromatic rings. The lowest BCUT2D eigenvalue weighted by molar-refractivity contribution is -0.120. The Balaban J connectivity index is 2.82. The number of hydrogen-bond donors (Lipinski definition) is 1. The van der Waals surface area contributed by atoms with Crippen molar-refractivity contribution in [3.8, 4) is 0 Å². The van der Waals surface area contributed by atoms with Crippen molar-refractivity contribution >= 4 is 27.9 Å². The first kappa shape index (κ1) is 15.7. The zero-order valence-electron chi connectivity index (χ0n) is 9.12. The molecule has 0 spiro atoms. The molecule has 1 nitrogen and oxygen atoms in total. The van der Waals surface area contributed by atoms with Crippen LogP contribution in [0.1, 0.15) is 17.6 Å². The van der Waals surface area contributed by atoms with E-state index in [0.717, 1.165) is 0 Å². The molecule has 0 saturated heterocycles. The molecule has 1 aromatic carbocycles. The van der Waals surface area contributed by atoms with Gasteiger partial charge in [-0.15, -0.1) is 0 Å². The molecule has 1 rings (SSSR count). The fourth-order valence-electron chi connectivity index (χ4n) is 1.25. The van der Waals surface area contributed by atoms with E-state index in [0.29, 0.717) is 16.8 Å². The summed E-state index contributed by atoms with van der Waals surface area (Å²) in [6.07, 6.45) is -7.01. The lowest BCUT2D eigenvalue weighted by Crippen LogP contribution is -2.23. The predicted octanol–water partition coefficient (Wildman–Crippen LogP) is 4.85. The minimum atomic E-state index is -4.33. The van der Waals surface area contributed by atoms with Gasteiger partial charge in [-0.05, 0) is 36.6 Å². The zero-order valence-corrected chi connectivity index (χ0v) is 11.5. The Morgan fingerprint density at radius 2 is 1.94 bits per heavy atom. The van der Waals surface area contributed by atoms with E-state index in [4.69, 9.17) is 0 Å². The molecule has 0 aromatic heterocycles. The van der Waals surface area contributed by atoms with Gasteiger partial charge < -0.3 is 0 Å². The van der Waals surface area contributed by atoms with Crippen molar-refractivity contribution in [3.63, 3.8) is 0 Å². The molecule has 0 bridgehead atoms. The molecule has 1 N–H and O–H groups in total. The Bertz CT molecular complexity index is 421. The van der Waals surface area contributed by atoms with Crippen LogP contribution >= 0.6 is 27.9 Å². The monoisotopic (exact) mass is 349 g/mol. The Hall–Kier alpha value is -0.340. The summed E-state index contributed by atoms with van der Waals surface area (Å²) in [6, 6.07) is 2.88. The Labute approximate surface area is 113 Å². The Morgan fingerprint density at radius 1 is 1.33 bits per heavy atom. The van der Waals surface area contributed by atoms with Gasteiger partial charge in [0.15, 0.2) is 0 Å². The van der Waals surface area contributed by atoms with Crippen LogP contribution in [0.4, 0.5) is 22.0 Å². The van der Waals surface area contributed by atoms with E-state index in [1.165, 1.54) is 19.1 Å². The average Bonchev–Trinajstić information content (AvgIpc) is 2.19. The highest BCUT2D eigenvalue weighted by Gasteiger charge is 2.26. The number of hydrogen-bond acceptors (Lipinski definition) is 2. The van der Waals surface area contributed by atoms with Gasteiger partial charge in [-0.2, -0.15) is 13.2 Å². The van der Waals surface area contributed by atoms with E-state index in [9.17, 15) is 22.0 Å². The number of benzene rings is 1. The number of halogens is 6. The molecule has 102 valence electrons. The van der Waals surface area contributed by atoms with Crippen LogP contribution in [-0.4, -0.2) is 12.7 Å². The van der Waals surface area contributed by atoms with Crippen LogP contribution in [0.15, 0.2) is 21.5 Å². The minimum absolute atomic E-state index is 0.200. The summed E-state index contributed by atoms with van der Waals surface area (Å²) in [6.45, 7) is 0.265. The highest BCUT2D eigenvalue weighted by molar-refractivity contribution is 9.10. The van der Waals surface area contributed by atoms with Crippen LogP contribution in [0.3, 0.4) is 0 Å². The summed E-state index contributed by atoms with van der Waals surface area (Å²) in [4.78, 5) is 0.345. The van der Waals surface area contributed by atoms with Crippen LogP contribution < -0.4 is 4.72 Å². The summed E-state index contributed by atoms with van der Waals surface area (Å²) in [5.74, 6) is 0. The largest absolute Gasteiger partial charge is 0.402 e. The number of rotatable bonds is 4. The van der Waals surface area contributed by atoms with Gasteiger partial charge in [0.05, 0.1) is 0 Å². The fraction of sp³-hybridized carbons (Fsp3) is 0.400. The third kappa shape index (κ3) is 4.40. The van der Waals surface area contributed by atoms with Crippen molar-refractivity contribution in [3.05, 3.63) is 27.7 Å². The molecule has 0 heterocycles. The maximum atomic E-state index is 12.7. The molecule has 8 heteroatoms. The first-order valence-corrected chi connectivity index (χ1v) is 6.37. The third-order valence-electron chi connectivity index (χ3n) is 2.08. The van der Waals surface area contributed by atoms with Gasteiger partial charge in [-0.3, -0.25) is 4.72 Å². The topological polar surface area (TPSA) is 12.0 Å². The van der Waals surface area contributed by atoms with Gasteiger partial charge in [0.1, 0.15) is 6.54 Å².